The number of sulfonamides is 1. The number of rotatable bonds is 8. The molecular weight excluding hydrogens is 298 g/mol. The minimum atomic E-state index is -3.48. The lowest BCUT2D eigenvalue weighted by atomic mass is 10.3. The van der Waals surface area contributed by atoms with Gasteiger partial charge < -0.3 is 11.1 Å². The standard InChI is InChI=1S/C12H19N3O3S2/c13-8-10-5-6-12(19-10)20(17,18)14-7-1-2-11(16)15-9-3-4-9/h5-6,9,14H,1-4,7-8,13H2,(H,15,16). The summed E-state index contributed by atoms with van der Waals surface area (Å²) < 4.78 is 26.7. The van der Waals surface area contributed by atoms with Crippen LogP contribution in [-0.4, -0.2) is 26.9 Å². The molecule has 8 heteroatoms. The van der Waals surface area contributed by atoms with Crippen molar-refractivity contribution in [2.45, 2.75) is 42.5 Å². The maximum absolute atomic E-state index is 12.0. The van der Waals surface area contributed by atoms with E-state index in [-0.39, 0.29) is 16.7 Å². The average molecular weight is 317 g/mol. The Bertz CT molecular complexity index is 564. The normalized spacial score (nSPS) is 15.2. The van der Waals surface area contributed by atoms with Crippen LogP contribution in [0, 0.1) is 0 Å². The fourth-order valence-electron chi connectivity index (χ4n) is 1.67. The number of nitrogens with one attached hydrogen (secondary N) is 2. The quantitative estimate of drug-likeness (QED) is 0.609. The monoisotopic (exact) mass is 317 g/mol. The van der Waals surface area contributed by atoms with Crippen molar-refractivity contribution in [3.05, 3.63) is 17.0 Å². The second-order valence-electron chi connectivity index (χ2n) is 4.77. The van der Waals surface area contributed by atoms with Crippen molar-refractivity contribution in [2.24, 2.45) is 5.73 Å². The molecule has 0 aromatic carbocycles. The van der Waals surface area contributed by atoms with Gasteiger partial charge in [-0.05, 0) is 31.4 Å². The van der Waals surface area contributed by atoms with Crippen LogP contribution >= 0.6 is 11.3 Å². The number of hydrogen-bond acceptors (Lipinski definition) is 5. The van der Waals surface area contributed by atoms with E-state index >= 15 is 0 Å². The van der Waals surface area contributed by atoms with E-state index < -0.39 is 10.0 Å². The first-order valence-corrected chi connectivity index (χ1v) is 8.89. The van der Waals surface area contributed by atoms with Crippen LogP contribution in [0.4, 0.5) is 0 Å². The zero-order valence-electron chi connectivity index (χ0n) is 11.1. The molecule has 1 amide bonds. The zero-order chi connectivity index (χ0) is 14.6. The molecule has 0 bridgehead atoms. The van der Waals surface area contributed by atoms with Gasteiger partial charge in [0.05, 0.1) is 0 Å². The first kappa shape index (κ1) is 15.4. The van der Waals surface area contributed by atoms with E-state index in [1.54, 1.807) is 12.1 Å². The van der Waals surface area contributed by atoms with Crippen LogP contribution in [0.25, 0.3) is 0 Å². The summed E-state index contributed by atoms with van der Waals surface area (Å²) in [5, 5.41) is 2.87. The predicted molar refractivity (Wildman–Crippen MR) is 77.8 cm³/mol. The summed E-state index contributed by atoms with van der Waals surface area (Å²) in [6.45, 7) is 0.595. The van der Waals surface area contributed by atoms with Gasteiger partial charge in [-0.3, -0.25) is 4.79 Å². The van der Waals surface area contributed by atoms with Crippen molar-refractivity contribution in [1.82, 2.24) is 10.0 Å². The van der Waals surface area contributed by atoms with Gasteiger partial charge in [0.15, 0.2) is 0 Å². The Hall–Kier alpha value is -0.960. The average Bonchev–Trinajstić information content (AvgIpc) is 3.07. The Kier molecular flexibility index (Phi) is 5.14. The number of carbonyl (C=O) groups excluding carboxylic acids is 1. The third kappa shape index (κ3) is 4.55. The van der Waals surface area contributed by atoms with Crippen LogP contribution in [-0.2, 0) is 21.4 Å². The first-order chi connectivity index (χ1) is 9.51. The Balaban J connectivity index is 1.73. The molecule has 0 unspecified atom stereocenters. The molecule has 4 N–H and O–H groups in total. The molecule has 1 aliphatic rings. The molecule has 2 rings (SSSR count). The van der Waals surface area contributed by atoms with Gasteiger partial charge in [-0.1, -0.05) is 0 Å². The van der Waals surface area contributed by atoms with E-state index in [0.717, 1.165) is 17.7 Å². The van der Waals surface area contributed by atoms with Gasteiger partial charge in [-0.25, -0.2) is 13.1 Å². The summed E-state index contributed by atoms with van der Waals surface area (Å²) in [7, 11) is -3.48. The number of thiophene rings is 1. The van der Waals surface area contributed by atoms with E-state index in [1.807, 2.05) is 0 Å². The highest BCUT2D eigenvalue weighted by atomic mass is 32.2. The lowest BCUT2D eigenvalue weighted by Crippen LogP contribution is -2.28. The van der Waals surface area contributed by atoms with Crippen molar-refractivity contribution in [3.63, 3.8) is 0 Å². The SMILES string of the molecule is NCc1ccc(S(=O)(=O)NCCCC(=O)NC2CC2)s1. The summed E-state index contributed by atoms with van der Waals surface area (Å²) in [6, 6.07) is 3.61. The van der Waals surface area contributed by atoms with E-state index in [2.05, 4.69) is 10.0 Å². The van der Waals surface area contributed by atoms with Crippen molar-refractivity contribution in [1.29, 1.82) is 0 Å². The Morgan fingerprint density at radius 1 is 1.40 bits per heavy atom. The molecule has 0 spiro atoms. The smallest absolute Gasteiger partial charge is 0.250 e. The van der Waals surface area contributed by atoms with Gasteiger partial charge in [0, 0.05) is 30.4 Å². The highest BCUT2D eigenvalue weighted by Gasteiger charge is 2.23. The third-order valence-corrected chi connectivity index (χ3v) is 5.98. The summed E-state index contributed by atoms with van der Waals surface area (Å²) in [5.74, 6) is -0.00626. The second-order valence-corrected chi connectivity index (χ2v) is 7.93. The summed E-state index contributed by atoms with van der Waals surface area (Å²) in [6.07, 6.45) is 2.95. The van der Waals surface area contributed by atoms with Gasteiger partial charge >= 0.3 is 0 Å². The van der Waals surface area contributed by atoms with Crippen LogP contribution in [0.15, 0.2) is 16.3 Å². The van der Waals surface area contributed by atoms with Gasteiger partial charge in [0.2, 0.25) is 15.9 Å². The van der Waals surface area contributed by atoms with Gasteiger partial charge in [0.1, 0.15) is 4.21 Å². The molecule has 1 heterocycles. The van der Waals surface area contributed by atoms with E-state index in [9.17, 15) is 13.2 Å². The largest absolute Gasteiger partial charge is 0.353 e. The van der Waals surface area contributed by atoms with Crippen LogP contribution in [0.3, 0.4) is 0 Å². The number of amides is 1. The van der Waals surface area contributed by atoms with Gasteiger partial charge in [0.25, 0.3) is 0 Å². The number of hydrogen-bond donors (Lipinski definition) is 3. The molecule has 1 aromatic heterocycles. The molecule has 1 aliphatic carbocycles. The third-order valence-electron chi connectivity index (χ3n) is 2.92. The molecule has 112 valence electrons. The van der Waals surface area contributed by atoms with Crippen molar-refractivity contribution >= 4 is 27.3 Å². The molecule has 20 heavy (non-hydrogen) atoms. The highest BCUT2D eigenvalue weighted by Crippen LogP contribution is 2.21. The summed E-state index contributed by atoms with van der Waals surface area (Å²) in [5.41, 5.74) is 5.46. The first-order valence-electron chi connectivity index (χ1n) is 6.59. The molecule has 1 aromatic rings. The van der Waals surface area contributed by atoms with Crippen LogP contribution < -0.4 is 15.8 Å². The van der Waals surface area contributed by atoms with E-state index in [1.165, 1.54) is 11.3 Å². The van der Waals surface area contributed by atoms with Gasteiger partial charge in [-0.15, -0.1) is 11.3 Å². The molecule has 1 fully saturated rings. The molecule has 6 nitrogen and oxygen atoms in total. The second kappa shape index (κ2) is 6.66. The number of nitrogens with two attached hydrogens (primary N) is 1. The molecule has 0 radical (unpaired) electrons. The predicted octanol–water partition coefficient (Wildman–Crippen LogP) is 0.544. The molecule has 0 aliphatic heterocycles. The fourth-order valence-corrected chi connectivity index (χ4v) is 4.02. The minimum absolute atomic E-state index is 0.00626. The van der Waals surface area contributed by atoms with Gasteiger partial charge in [-0.2, -0.15) is 0 Å². The Morgan fingerprint density at radius 3 is 2.75 bits per heavy atom. The Morgan fingerprint density at radius 2 is 2.15 bits per heavy atom. The van der Waals surface area contributed by atoms with E-state index in [4.69, 9.17) is 5.73 Å². The zero-order valence-corrected chi connectivity index (χ0v) is 12.7. The summed E-state index contributed by atoms with van der Waals surface area (Å²) >= 11 is 1.17. The Labute approximate surface area is 122 Å². The molecule has 0 saturated heterocycles. The van der Waals surface area contributed by atoms with Crippen LogP contribution in [0.1, 0.15) is 30.6 Å². The topological polar surface area (TPSA) is 101 Å². The molecular formula is C12H19N3O3S2. The van der Waals surface area contributed by atoms with E-state index in [0.29, 0.717) is 25.4 Å². The maximum Gasteiger partial charge on any atom is 0.250 e. The number of carbonyl (C=O) groups is 1. The lowest BCUT2D eigenvalue weighted by Gasteiger charge is -2.05. The summed E-state index contributed by atoms with van der Waals surface area (Å²) in [4.78, 5) is 12.3. The minimum Gasteiger partial charge on any atom is -0.353 e. The van der Waals surface area contributed by atoms with Crippen LogP contribution in [0.5, 0.6) is 0 Å². The highest BCUT2D eigenvalue weighted by molar-refractivity contribution is 7.91. The lowest BCUT2D eigenvalue weighted by molar-refractivity contribution is -0.121. The fraction of sp³-hybridized carbons (Fsp3) is 0.583. The van der Waals surface area contributed by atoms with Crippen LogP contribution in [0.2, 0.25) is 0 Å². The maximum atomic E-state index is 12.0. The molecule has 0 atom stereocenters. The molecule has 1 saturated carbocycles. The van der Waals surface area contributed by atoms with Crippen molar-refractivity contribution in [2.75, 3.05) is 6.54 Å². The van der Waals surface area contributed by atoms with Crippen molar-refractivity contribution < 1.29 is 13.2 Å². The van der Waals surface area contributed by atoms with Crippen molar-refractivity contribution in [3.8, 4) is 0 Å².